The Balaban J connectivity index is 3.87. The Morgan fingerprint density at radius 2 is 1.86 bits per heavy atom. The molecule has 0 fully saturated rings. The molecule has 0 rings (SSSR count). The fourth-order valence-corrected chi connectivity index (χ4v) is 0.425. The van der Waals surface area contributed by atoms with Crippen LogP contribution in [0.15, 0.2) is 0 Å². The maximum atomic E-state index is 11.6. The van der Waals surface area contributed by atoms with Gasteiger partial charge in [-0.2, -0.15) is 13.2 Å². The summed E-state index contributed by atoms with van der Waals surface area (Å²) in [6, 6.07) is 0. The van der Waals surface area contributed by atoms with Gasteiger partial charge in [0.15, 0.2) is 6.61 Å². The lowest BCUT2D eigenvalue weighted by atomic mass is 10.1. The molecule has 14 heavy (non-hydrogen) atoms. The topological polar surface area (TPSA) is 50.4 Å². The normalized spacial score (nSPS) is 12.7. The van der Waals surface area contributed by atoms with Crippen molar-refractivity contribution in [1.29, 1.82) is 0 Å². The number of carbonyl (C=O) groups is 1. The van der Waals surface area contributed by atoms with Gasteiger partial charge in [-0.05, 0) is 20.9 Å². The molecular formula is C7H13F3N2O2. The van der Waals surface area contributed by atoms with E-state index in [1.54, 1.807) is 5.48 Å². The summed E-state index contributed by atoms with van der Waals surface area (Å²) >= 11 is 0. The van der Waals surface area contributed by atoms with Gasteiger partial charge in [-0.15, -0.1) is 0 Å². The van der Waals surface area contributed by atoms with Gasteiger partial charge in [0.05, 0.1) is 5.54 Å². The van der Waals surface area contributed by atoms with E-state index >= 15 is 0 Å². The van der Waals surface area contributed by atoms with E-state index in [0.717, 1.165) is 0 Å². The van der Waals surface area contributed by atoms with E-state index in [9.17, 15) is 18.0 Å². The van der Waals surface area contributed by atoms with Crippen molar-refractivity contribution in [3.05, 3.63) is 0 Å². The second kappa shape index (κ2) is 4.61. The first kappa shape index (κ1) is 13.2. The zero-order chi connectivity index (χ0) is 11.4. The average Bonchev–Trinajstić information content (AvgIpc) is 2.02. The average molecular weight is 214 g/mol. The maximum Gasteiger partial charge on any atom is 0.414 e. The number of alkyl halides is 3. The zero-order valence-electron chi connectivity index (χ0n) is 8.16. The molecule has 1 amide bonds. The van der Waals surface area contributed by atoms with E-state index < -0.39 is 24.2 Å². The molecule has 0 aromatic rings. The van der Waals surface area contributed by atoms with Gasteiger partial charge in [-0.1, -0.05) is 0 Å². The molecule has 0 bridgehead atoms. The van der Waals surface area contributed by atoms with Crippen LogP contribution in [-0.2, 0) is 9.63 Å². The number of halogens is 3. The highest BCUT2D eigenvalue weighted by atomic mass is 19.4. The molecule has 0 aromatic heterocycles. The first-order valence-electron chi connectivity index (χ1n) is 3.87. The van der Waals surface area contributed by atoms with Crippen LogP contribution >= 0.6 is 0 Å². The van der Waals surface area contributed by atoms with Crippen molar-refractivity contribution < 1.29 is 22.8 Å². The predicted molar refractivity (Wildman–Crippen MR) is 43.3 cm³/mol. The van der Waals surface area contributed by atoms with Gasteiger partial charge in [0.25, 0.3) is 5.91 Å². The molecule has 0 radical (unpaired) electrons. The largest absolute Gasteiger partial charge is 0.414 e. The van der Waals surface area contributed by atoms with E-state index in [2.05, 4.69) is 10.2 Å². The summed E-state index contributed by atoms with van der Waals surface area (Å²) in [5.41, 5.74) is 0.742. The smallest absolute Gasteiger partial charge is 0.307 e. The molecule has 0 spiro atoms. The summed E-state index contributed by atoms with van der Waals surface area (Å²) in [6.45, 7) is 1.52. The number of carbonyl (C=O) groups excluding carboxylic acids is 1. The summed E-state index contributed by atoms with van der Waals surface area (Å²) in [6.07, 6.45) is -4.45. The first-order chi connectivity index (χ1) is 6.19. The Morgan fingerprint density at radius 3 is 2.21 bits per heavy atom. The van der Waals surface area contributed by atoms with Crippen molar-refractivity contribution >= 4 is 5.91 Å². The van der Waals surface area contributed by atoms with Crippen LogP contribution in [0.3, 0.4) is 0 Å². The van der Waals surface area contributed by atoms with Gasteiger partial charge in [-0.3, -0.25) is 9.63 Å². The van der Waals surface area contributed by atoms with Gasteiger partial charge in [0, 0.05) is 0 Å². The van der Waals surface area contributed by atoms with Gasteiger partial charge in [0.2, 0.25) is 0 Å². The monoisotopic (exact) mass is 214 g/mol. The number of hydroxylamine groups is 1. The molecule has 84 valence electrons. The van der Waals surface area contributed by atoms with E-state index in [1.165, 1.54) is 20.9 Å². The highest BCUT2D eigenvalue weighted by Gasteiger charge is 2.30. The Hall–Kier alpha value is -0.820. The number of rotatable bonds is 4. The summed E-state index contributed by atoms with van der Waals surface area (Å²) in [5, 5.41) is 2.62. The van der Waals surface area contributed by atoms with Crippen LogP contribution in [0.2, 0.25) is 0 Å². The fraction of sp³-hybridized carbons (Fsp3) is 0.857. The predicted octanol–water partition coefficient (Wildman–Crippen LogP) is 0.594. The Kier molecular flexibility index (Phi) is 4.34. The van der Waals surface area contributed by atoms with Crippen LogP contribution in [0.1, 0.15) is 13.8 Å². The standard InChI is InChI=1S/C7H13F3N2O2/c1-6(2,11-3)5(13)12-14-4-7(8,9)10/h11H,4H2,1-3H3,(H,12,13). The molecule has 0 atom stereocenters. The summed E-state index contributed by atoms with van der Waals surface area (Å²) in [5.74, 6) is -0.663. The third-order valence-electron chi connectivity index (χ3n) is 1.59. The summed E-state index contributed by atoms with van der Waals surface area (Å²) in [7, 11) is 1.52. The van der Waals surface area contributed by atoms with Crippen LogP contribution < -0.4 is 10.8 Å². The van der Waals surface area contributed by atoms with Crippen LogP contribution in [0, 0.1) is 0 Å². The van der Waals surface area contributed by atoms with Gasteiger partial charge in [-0.25, -0.2) is 5.48 Å². The highest BCUT2D eigenvalue weighted by molar-refractivity contribution is 5.84. The quantitative estimate of drug-likeness (QED) is 0.673. The maximum absolute atomic E-state index is 11.6. The van der Waals surface area contributed by atoms with Gasteiger partial charge >= 0.3 is 6.18 Å². The van der Waals surface area contributed by atoms with Crippen LogP contribution in [0.4, 0.5) is 13.2 Å². The molecular weight excluding hydrogens is 201 g/mol. The molecule has 4 nitrogen and oxygen atoms in total. The highest BCUT2D eigenvalue weighted by Crippen LogP contribution is 2.13. The molecule has 0 saturated heterocycles. The minimum absolute atomic E-state index is 0.663. The fourth-order valence-electron chi connectivity index (χ4n) is 0.425. The lowest BCUT2D eigenvalue weighted by molar-refractivity contribution is -0.193. The zero-order valence-corrected chi connectivity index (χ0v) is 8.16. The molecule has 0 saturated carbocycles. The minimum atomic E-state index is -4.45. The molecule has 0 unspecified atom stereocenters. The lowest BCUT2D eigenvalue weighted by Gasteiger charge is -2.22. The van der Waals surface area contributed by atoms with Crippen LogP contribution in [0.5, 0.6) is 0 Å². The van der Waals surface area contributed by atoms with Crippen LogP contribution in [0.25, 0.3) is 0 Å². The Bertz CT molecular complexity index is 204. The van der Waals surface area contributed by atoms with Crippen molar-refractivity contribution in [1.82, 2.24) is 10.8 Å². The molecule has 0 aliphatic carbocycles. The summed E-state index contributed by atoms with van der Waals surface area (Å²) < 4.78 is 34.8. The van der Waals surface area contributed by atoms with Crippen molar-refractivity contribution in [2.75, 3.05) is 13.7 Å². The Labute approximate surface area is 79.8 Å². The first-order valence-corrected chi connectivity index (χ1v) is 3.87. The molecule has 7 heteroatoms. The van der Waals surface area contributed by atoms with Crippen molar-refractivity contribution in [2.24, 2.45) is 0 Å². The van der Waals surface area contributed by atoms with Gasteiger partial charge in [0.1, 0.15) is 0 Å². The molecule has 0 aliphatic heterocycles. The number of hydrogen-bond donors (Lipinski definition) is 2. The number of amides is 1. The number of nitrogens with one attached hydrogen (secondary N) is 2. The third-order valence-corrected chi connectivity index (χ3v) is 1.59. The molecule has 2 N–H and O–H groups in total. The second-order valence-electron chi connectivity index (χ2n) is 3.21. The van der Waals surface area contributed by atoms with Crippen LogP contribution in [-0.4, -0.2) is 31.3 Å². The van der Waals surface area contributed by atoms with E-state index in [4.69, 9.17) is 0 Å². The van der Waals surface area contributed by atoms with E-state index in [1.807, 2.05) is 0 Å². The SMILES string of the molecule is CNC(C)(C)C(=O)NOCC(F)(F)F. The third kappa shape index (κ3) is 5.03. The van der Waals surface area contributed by atoms with Crippen molar-refractivity contribution in [2.45, 2.75) is 25.6 Å². The number of hydrogen-bond acceptors (Lipinski definition) is 3. The lowest BCUT2D eigenvalue weighted by Crippen LogP contribution is -2.51. The van der Waals surface area contributed by atoms with Crippen molar-refractivity contribution in [3.63, 3.8) is 0 Å². The molecule has 0 aromatic carbocycles. The molecule has 0 heterocycles. The van der Waals surface area contributed by atoms with E-state index in [-0.39, 0.29) is 0 Å². The number of likely N-dealkylation sites (N-methyl/N-ethyl adjacent to an activating group) is 1. The second-order valence-corrected chi connectivity index (χ2v) is 3.21. The van der Waals surface area contributed by atoms with E-state index in [0.29, 0.717) is 0 Å². The van der Waals surface area contributed by atoms with Crippen molar-refractivity contribution in [3.8, 4) is 0 Å². The Morgan fingerprint density at radius 1 is 1.36 bits per heavy atom. The molecule has 0 aliphatic rings. The summed E-state index contributed by atoms with van der Waals surface area (Å²) in [4.78, 5) is 15.1. The minimum Gasteiger partial charge on any atom is -0.307 e. The van der Waals surface area contributed by atoms with Gasteiger partial charge < -0.3 is 5.32 Å².